The standard InChI is InChI=1S/C16H20N6OS/c1-10-12-8-13(24-16(12)21(3)19-10)15(23)22-6-4-11(5-7-22)14-18-17-9-20(14)2/h8-9,11H,4-7H2,1-3H3. The summed E-state index contributed by atoms with van der Waals surface area (Å²) in [5.74, 6) is 1.54. The number of likely N-dealkylation sites (tertiary alicyclic amines) is 1. The van der Waals surface area contributed by atoms with E-state index in [9.17, 15) is 4.79 Å². The highest BCUT2D eigenvalue weighted by molar-refractivity contribution is 7.20. The Morgan fingerprint density at radius 1 is 1.29 bits per heavy atom. The Labute approximate surface area is 143 Å². The first-order chi connectivity index (χ1) is 11.5. The van der Waals surface area contributed by atoms with Gasteiger partial charge in [-0.05, 0) is 25.8 Å². The van der Waals surface area contributed by atoms with E-state index in [1.165, 1.54) is 11.3 Å². The van der Waals surface area contributed by atoms with Crippen LogP contribution in [0.25, 0.3) is 10.2 Å². The average Bonchev–Trinajstić information content (AvgIpc) is 3.26. The number of aromatic nitrogens is 5. The van der Waals surface area contributed by atoms with Crippen molar-refractivity contribution in [3.05, 3.63) is 28.8 Å². The molecule has 0 unspecified atom stereocenters. The Morgan fingerprint density at radius 2 is 2.04 bits per heavy atom. The zero-order valence-corrected chi connectivity index (χ0v) is 14.9. The van der Waals surface area contributed by atoms with Crippen LogP contribution in [0.1, 0.15) is 39.9 Å². The number of aryl methyl sites for hydroxylation is 3. The number of rotatable bonds is 2. The van der Waals surface area contributed by atoms with Gasteiger partial charge in [0, 0.05) is 38.5 Å². The summed E-state index contributed by atoms with van der Waals surface area (Å²) in [5, 5.41) is 13.6. The van der Waals surface area contributed by atoms with Gasteiger partial charge in [0.2, 0.25) is 0 Å². The molecule has 0 bridgehead atoms. The zero-order chi connectivity index (χ0) is 16.8. The lowest BCUT2D eigenvalue weighted by molar-refractivity contribution is 0.0715. The van der Waals surface area contributed by atoms with Crippen LogP contribution in [0.2, 0.25) is 0 Å². The van der Waals surface area contributed by atoms with Crippen molar-refractivity contribution in [2.45, 2.75) is 25.7 Å². The van der Waals surface area contributed by atoms with E-state index in [2.05, 4.69) is 15.3 Å². The van der Waals surface area contributed by atoms with E-state index in [0.29, 0.717) is 5.92 Å². The van der Waals surface area contributed by atoms with Crippen molar-refractivity contribution in [1.82, 2.24) is 29.4 Å². The van der Waals surface area contributed by atoms with Gasteiger partial charge in [0.05, 0.1) is 10.6 Å². The second-order valence-electron chi connectivity index (χ2n) is 6.41. The number of carbonyl (C=O) groups is 1. The van der Waals surface area contributed by atoms with Crippen LogP contribution >= 0.6 is 11.3 Å². The summed E-state index contributed by atoms with van der Waals surface area (Å²) >= 11 is 1.53. The summed E-state index contributed by atoms with van der Waals surface area (Å²) in [4.78, 5) is 16.6. The molecule has 4 heterocycles. The van der Waals surface area contributed by atoms with Gasteiger partial charge in [0.25, 0.3) is 5.91 Å². The molecule has 1 aliphatic heterocycles. The number of carbonyl (C=O) groups excluding carboxylic acids is 1. The van der Waals surface area contributed by atoms with Crippen LogP contribution < -0.4 is 0 Å². The molecule has 4 rings (SSSR count). The van der Waals surface area contributed by atoms with E-state index < -0.39 is 0 Å². The second kappa shape index (κ2) is 5.70. The Kier molecular flexibility index (Phi) is 3.64. The van der Waals surface area contributed by atoms with E-state index in [-0.39, 0.29) is 5.91 Å². The largest absolute Gasteiger partial charge is 0.338 e. The number of amides is 1. The number of fused-ring (bicyclic) bond motifs is 1. The molecule has 1 fully saturated rings. The summed E-state index contributed by atoms with van der Waals surface area (Å²) in [7, 11) is 3.90. The lowest BCUT2D eigenvalue weighted by atomic mass is 9.96. The topological polar surface area (TPSA) is 68.8 Å². The maximum atomic E-state index is 12.8. The molecule has 0 aliphatic carbocycles. The molecule has 0 N–H and O–H groups in total. The van der Waals surface area contributed by atoms with E-state index in [1.807, 2.05) is 41.2 Å². The average molecular weight is 344 g/mol. The lowest BCUT2D eigenvalue weighted by Gasteiger charge is -2.31. The first-order valence-corrected chi connectivity index (χ1v) is 8.92. The van der Waals surface area contributed by atoms with Crippen LogP contribution in [0.3, 0.4) is 0 Å². The maximum Gasteiger partial charge on any atom is 0.264 e. The van der Waals surface area contributed by atoms with Gasteiger partial charge in [0.15, 0.2) is 0 Å². The van der Waals surface area contributed by atoms with E-state index in [4.69, 9.17) is 0 Å². The van der Waals surface area contributed by atoms with Gasteiger partial charge in [-0.15, -0.1) is 21.5 Å². The highest BCUT2D eigenvalue weighted by Gasteiger charge is 2.28. The van der Waals surface area contributed by atoms with Crippen LogP contribution in [-0.2, 0) is 14.1 Å². The Hall–Kier alpha value is -2.22. The smallest absolute Gasteiger partial charge is 0.264 e. The monoisotopic (exact) mass is 344 g/mol. The van der Waals surface area contributed by atoms with E-state index >= 15 is 0 Å². The molecule has 3 aromatic rings. The van der Waals surface area contributed by atoms with Crippen molar-refractivity contribution < 1.29 is 4.79 Å². The minimum absolute atomic E-state index is 0.131. The summed E-state index contributed by atoms with van der Waals surface area (Å²) in [5.41, 5.74) is 0.976. The number of piperidine rings is 1. The molecule has 0 radical (unpaired) electrons. The van der Waals surface area contributed by atoms with Crippen LogP contribution in [0.4, 0.5) is 0 Å². The first-order valence-electron chi connectivity index (χ1n) is 8.11. The Bertz CT molecular complexity index is 865. The molecule has 1 amide bonds. The number of nitrogens with zero attached hydrogens (tertiary/aromatic N) is 6. The van der Waals surface area contributed by atoms with Gasteiger partial charge in [0.1, 0.15) is 17.0 Å². The van der Waals surface area contributed by atoms with Crippen molar-refractivity contribution in [2.75, 3.05) is 13.1 Å². The van der Waals surface area contributed by atoms with Gasteiger partial charge >= 0.3 is 0 Å². The number of hydrogen-bond acceptors (Lipinski definition) is 5. The van der Waals surface area contributed by atoms with Crippen molar-refractivity contribution in [1.29, 1.82) is 0 Å². The Balaban J connectivity index is 1.49. The molecule has 0 spiro atoms. The summed E-state index contributed by atoms with van der Waals surface area (Å²) in [6.07, 6.45) is 3.61. The first kappa shape index (κ1) is 15.3. The van der Waals surface area contributed by atoms with Crippen LogP contribution in [0, 0.1) is 6.92 Å². The molecule has 0 aromatic carbocycles. The lowest BCUT2D eigenvalue weighted by Crippen LogP contribution is -2.38. The molecular weight excluding hydrogens is 324 g/mol. The van der Waals surface area contributed by atoms with Crippen molar-refractivity contribution in [2.24, 2.45) is 14.1 Å². The third-order valence-corrected chi connectivity index (χ3v) is 5.99. The molecule has 0 saturated carbocycles. The SMILES string of the molecule is Cc1nn(C)c2sc(C(=O)N3CCC(c4nncn4C)CC3)cc12. The molecule has 7 nitrogen and oxygen atoms in total. The highest BCUT2D eigenvalue weighted by atomic mass is 32.1. The third kappa shape index (κ3) is 2.41. The molecule has 126 valence electrons. The minimum atomic E-state index is 0.131. The maximum absolute atomic E-state index is 12.8. The molecule has 3 aromatic heterocycles. The normalized spacial score (nSPS) is 16.2. The number of thiophene rings is 1. The minimum Gasteiger partial charge on any atom is -0.338 e. The predicted molar refractivity (Wildman–Crippen MR) is 92.2 cm³/mol. The fraction of sp³-hybridized carbons (Fsp3) is 0.500. The van der Waals surface area contributed by atoms with Crippen LogP contribution in [-0.4, -0.2) is 48.4 Å². The van der Waals surface area contributed by atoms with Gasteiger partial charge in [-0.1, -0.05) is 0 Å². The van der Waals surface area contributed by atoms with Gasteiger partial charge < -0.3 is 9.47 Å². The number of hydrogen-bond donors (Lipinski definition) is 0. The van der Waals surface area contributed by atoms with Crippen LogP contribution in [0.5, 0.6) is 0 Å². The van der Waals surface area contributed by atoms with Crippen molar-refractivity contribution >= 4 is 27.5 Å². The molecule has 8 heteroatoms. The van der Waals surface area contributed by atoms with Crippen molar-refractivity contribution in [3.8, 4) is 0 Å². The summed E-state index contributed by atoms with van der Waals surface area (Å²) < 4.78 is 3.83. The van der Waals surface area contributed by atoms with Gasteiger partial charge in [-0.3, -0.25) is 9.48 Å². The fourth-order valence-electron chi connectivity index (χ4n) is 3.47. The van der Waals surface area contributed by atoms with Gasteiger partial charge in [-0.25, -0.2) is 0 Å². The fourth-order valence-corrected chi connectivity index (χ4v) is 4.56. The molecule has 1 aliphatic rings. The Morgan fingerprint density at radius 3 is 2.67 bits per heavy atom. The summed E-state index contributed by atoms with van der Waals surface area (Å²) in [6, 6.07) is 1.99. The van der Waals surface area contributed by atoms with E-state index in [0.717, 1.165) is 52.5 Å². The summed E-state index contributed by atoms with van der Waals surface area (Å²) in [6.45, 7) is 3.51. The predicted octanol–water partition coefficient (Wildman–Crippen LogP) is 2.09. The van der Waals surface area contributed by atoms with Gasteiger partial charge in [-0.2, -0.15) is 5.10 Å². The zero-order valence-electron chi connectivity index (χ0n) is 14.1. The van der Waals surface area contributed by atoms with Crippen LogP contribution in [0.15, 0.2) is 12.4 Å². The second-order valence-corrected chi connectivity index (χ2v) is 7.44. The molecule has 1 saturated heterocycles. The van der Waals surface area contributed by atoms with E-state index in [1.54, 1.807) is 6.33 Å². The van der Waals surface area contributed by atoms with Crippen molar-refractivity contribution in [3.63, 3.8) is 0 Å². The molecular formula is C16H20N6OS. The quantitative estimate of drug-likeness (QED) is 0.714. The molecule has 0 atom stereocenters. The highest BCUT2D eigenvalue weighted by Crippen LogP contribution is 2.31. The third-order valence-electron chi connectivity index (χ3n) is 4.80. The molecule has 24 heavy (non-hydrogen) atoms.